The summed E-state index contributed by atoms with van der Waals surface area (Å²) in [4.78, 5) is 31.0. The molecule has 1 aromatic carbocycles. The van der Waals surface area contributed by atoms with Crippen LogP contribution in [0.2, 0.25) is 0 Å². The van der Waals surface area contributed by atoms with Gasteiger partial charge in [-0.15, -0.1) is 0 Å². The fourth-order valence-corrected chi connectivity index (χ4v) is 4.85. The molecule has 2 aliphatic heterocycles. The van der Waals surface area contributed by atoms with Crippen LogP contribution in [0.5, 0.6) is 0 Å². The third kappa shape index (κ3) is 5.80. The van der Waals surface area contributed by atoms with E-state index in [4.69, 9.17) is 12.2 Å². The Morgan fingerprint density at radius 2 is 2.14 bits per heavy atom. The molecule has 3 rings (SSSR count). The summed E-state index contributed by atoms with van der Waals surface area (Å²) in [6.45, 7) is 3.16. The van der Waals surface area contributed by atoms with Gasteiger partial charge in [-0.05, 0) is 30.6 Å². The number of carbonyl (C=O) groups excluding carboxylic acids is 2. The van der Waals surface area contributed by atoms with Crippen LogP contribution in [0.3, 0.4) is 0 Å². The first-order valence-electron chi connectivity index (χ1n) is 8.99. The zero-order chi connectivity index (χ0) is 19.9. The number of amides is 2. The third-order valence-electron chi connectivity index (χ3n) is 4.04. The van der Waals surface area contributed by atoms with Gasteiger partial charge in [0.25, 0.3) is 5.91 Å². The normalized spacial score (nSPS) is 18.8. The second-order valence-electron chi connectivity index (χ2n) is 6.32. The summed E-state index contributed by atoms with van der Waals surface area (Å²) in [5, 5.41) is 3.49. The number of nitrogens with zero attached hydrogens (tertiary/aromatic N) is 2. The van der Waals surface area contributed by atoms with Crippen LogP contribution in [0.15, 0.2) is 51.9 Å². The molecule has 0 unspecified atom stereocenters. The van der Waals surface area contributed by atoms with E-state index in [0.717, 1.165) is 23.4 Å². The maximum Gasteiger partial charge on any atom is 0.266 e. The number of hydrogen-bond donors (Lipinski definition) is 1. The highest BCUT2D eigenvalue weighted by Gasteiger charge is 2.31. The van der Waals surface area contributed by atoms with Gasteiger partial charge in [0, 0.05) is 18.7 Å². The van der Waals surface area contributed by atoms with E-state index in [0.29, 0.717) is 33.8 Å². The van der Waals surface area contributed by atoms with Crippen LogP contribution in [0.4, 0.5) is 0 Å². The molecular formula is C20H21N3O2S3. The van der Waals surface area contributed by atoms with Gasteiger partial charge in [0.15, 0.2) is 5.17 Å². The largest absolute Gasteiger partial charge is 0.305 e. The predicted octanol–water partition coefficient (Wildman–Crippen LogP) is 3.83. The number of carbonyl (C=O) groups is 2. The van der Waals surface area contributed by atoms with Crippen molar-refractivity contribution in [2.75, 3.05) is 18.8 Å². The van der Waals surface area contributed by atoms with E-state index < -0.39 is 0 Å². The molecule has 2 aliphatic rings. The number of allylic oxidation sites excluding steroid dienone is 2. The number of rotatable bonds is 6. The van der Waals surface area contributed by atoms with Crippen molar-refractivity contribution in [3.05, 3.63) is 52.4 Å². The Hall–Kier alpha value is -1.90. The first-order valence-corrected chi connectivity index (χ1v) is 11.2. The van der Waals surface area contributed by atoms with Gasteiger partial charge >= 0.3 is 0 Å². The van der Waals surface area contributed by atoms with Gasteiger partial charge in [-0.1, -0.05) is 72.1 Å². The van der Waals surface area contributed by atoms with Crippen molar-refractivity contribution in [1.82, 2.24) is 10.2 Å². The van der Waals surface area contributed by atoms with Gasteiger partial charge in [0.05, 0.1) is 11.4 Å². The maximum absolute atomic E-state index is 12.7. The molecular weight excluding hydrogens is 410 g/mol. The number of benzene rings is 1. The molecule has 0 atom stereocenters. The lowest BCUT2D eigenvalue weighted by molar-refractivity contribution is -0.123. The number of hydrogen-bond acceptors (Lipinski definition) is 6. The zero-order valence-corrected chi connectivity index (χ0v) is 18.0. The quantitative estimate of drug-likeness (QED) is 0.548. The minimum atomic E-state index is -0.0908. The highest BCUT2D eigenvalue weighted by molar-refractivity contribution is 8.26. The van der Waals surface area contributed by atoms with Gasteiger partial charge in [0.1, 0.15) is 4.32 Å². The Labute approximate surface area is 178 Å². The monoisotopic (exact) mass is 431 g/mol. The topological polar surface area (TPSA) is 61.8 Å². The molecule has 1 fully saturated rings. The van der Waals surface area contributed by atoms with Crippen molar-refractivity contribution >= 4 is 63.1 Å². The predicted molar refractivity (Wildman–Crippen MR) is 122 cm³/mol. The van der Waals surface area contributed by atoms with E-state index in [1.54, 1.807) is 16.7 Å². The molecule has 0 aromatic heterocycles. The SMILES string of the molecule is CC(=Cc1ccccc1)C=C1SC(=S)N(CCCC(=O)NC2=NCCS2)C1=O. The fourth-order valence-electron chi connectivity index (χ4n) is 2.74. The van der Waals surface area contributed by atoms with Crippen LogP contribution in [0.1, 0.15) is 25.3 Å². The van der Waals surface area contributed by atoms with E-state index in [1.165, 1.54) is 11.8 Å². The van der Waals surface area contributed by atoms with Gasteiger partial charge in [0.2, 0.25) is 5.91 Å². The average molecular weight is 432 g/mol. The zero-order valence-electron chi connectivity index (χ0n) is 15.5. The lowest BCUT2D eigenvalue weighted by atomic mass is 10.1. The van der Waals surface area contributed by atoms with Crippen molar-refractivity contribution in [3.63, 3.8) is 0 Å². The van der Waals surface area contributed by atoms with Crippen molar-refractivity contribution in [1.29, 1.82) is 0 Å². The second-order valence-corrected chi connectivity index (χ2v) is 9.08. The van der Waals surface area contributed by atoms with Crippen molar-refractivity contribution < 1.29 is 9.59 Å². The highest BCUT2D eigenvalue weighted by Crippen LogP contribution is 2.32. The van der Waals surface area contributed by atoms with E-state index >= 15 is 0 Å². The van der Waals surface area contributed by atoms with Crippen LogP contribution in [-0.2, 0) is 9.59 Å². The first kappa shape index (κ1) is 20.8. The molecule has 0 aliphatic carbocycles. The van der Waals surface area contributed by atoms with Crippen LogP contribution in [-0.4, -0.2) is 45.0 Å². The standard InChI is InChI=1S/C20H21N3O2S3/c1-14(12-15-6-3-2-4-7-15)13-16-18(25)23(20(26)28-16)10-5-8-17(24)22-19-21-9-11-27-19/h2-4,6-7,12-13H,5,8-11H2,1H3,(H,21,22,24). The number of thioether (sulfide) groups is 2. The van der Waals surface area contributed by atoms with E-state index in [1.807, 2.05) is 49.4 Å². The number of thiocarbonyl (C=S) groups is 1. The molecule has 0 saturated carbocycles. The smallest absolute Gasteiger partial charge is 0.266 e. The summed E-state index contributed by atoms with van der Waals surface area (Å²) >= 11 is 8.22. The van der Waals surface area contributed by atoms with Gasteiger partial charge in [-0.25, -0.2) is 0 Å². The Balaban J connectivity index is 1.53. The summed E-state index contributed by atoms with van der Waals surface area (Å²) in [5.41, 5.74) is 2.07. The van der Waals surface area contributed by atoms with E-state index in [2.05, 4.69) is 10.3 Å². The molecule has 2 amide bonds. The minimum absolute atomic E-state index is 0.0734. The Morgan fingerprint density at radius 3 is 2.86 bits per heavy atom. The summed E-state index contributed by atoms with van der Waals surface area (Å²) < 4.78 is 0.542. The summed E-state index contributed by atoms with van der Waals surface area (Å²) in [6, 6.07) is 9.96. The third-order valence-corrected chi connectivity index (χ3v) is 6.31. The summed E-state index contributed by atoms with van der Waals surface area (Å²) in [5.74, 6) is 0.749. The van der Waals surface area contributed by atoms with Crippen LogP contribution >= 0.6 is 35.7 Å². The molecule has 0 radical (unpaired) electrons. The minimum Gasteiger partial charge on any atom is -0.305 e. The number of amidine groups is 1. The molecule has 146 valence electrons. The number of nitrogens with one attached hydrogen (secondary N) is 1. The molecule has 2 heterocycles. The van der Waals surface area contributed by atoms with Crippen LogP contribution in [0.25, 0.3) is 6.08 Å². The van der Waals surface area contributed by atoms with Gasteiger partial charge in [-0.3, -0.25) is 19.5 Å². The first-order chi connectivity index (χ1) is 13.5. The summed E-state index contributed by atoms with van der Waals surface area (Å²) in [6.07, 6.45) is 4.79. The molecule has 8 heteroatoms. The molecule has 1 aromatic rings. The lowest BCUT2D eigenvalue weighted by Crippen LogP contribution is -2.31. The van der Waals surface area contributed by atoms with Crippen LogP contribution in [0, 0.1) is 0 Å². The summed E-state index contributed by atoms with van der Waals surface area (Å²) in [7, 11) is 0. The molecule has 1 saturated heterocycles. The fraction of sp³-hybridized carbons (Fsp3) is 0.300. The van der Waals surface area contributed by atoms with Gasteiger partial charge in [-0.2, -0.15) is 0 Å². The second kappa shape index (κ2) is 10.0. The van der Waals surface area contributed by atoms with Gasteiger partial charge < -0.3 is 5.32 Å². The van der Waals surface area contributed by atoms with E-state index in [9.17, 15) is 9.59 Å². The number of aliphatic imine (C=N–C) groups is 1. The Kier molecular flexibility index (Phi) is 7.47. The highest BCUT2D eigenvalue weighted by atomic mass is 32.2. The Bertz CT molecular complexity index is 863. The Morgan fingerprint density at radius 1 is 1.36 bits per heavy atom. The maximum atomic E-state index is 12.7. The van der Waals surface area contributed by atoms with Crippen LogP contribution < -0.4 is 5.32 Å². The molecule has 5 nitrogen and oxygen atoms in total. The van der Waals surface area contributed by atoms with Crippen molar-refractivity contribution in [3.8, 4) is 0 Å². The molecule has 28 heavy (non-hydrogen) atoms. The molecule has 0 bridgehead atoms. The lowest BCUT2D eigenvalue weighted by Gasteiger charge is -2.14. The molecule has 1 N–H and O–H groups in total. The van der Waals surface area contributed by atoms with E-state index in [-0.39, 0.29) is 11.8 Å². The molecule has 0 spiro atoms. The van der Waals surface area contributed by atoms with Crippen molar-refractivity contribution in [2.24, 2.45) is 4.99 Å². The average Bonchev–Trinajstić information content (AvgIpc) is 3.26. The van der Waals surface area contributed by atoms with Crippen molar-refractivity contribution in [2.45, 2.75) is 19.8 Å².